The van der Waals surface area contributed by atoms with Crippen LogP contribution in [0.2, 0.25) is 0 Å². The molecule has 0 saturated carbocycles. The summed E-state index contributed by atoms with van der Waals surface area (Å²) >= 11 is 0. The third kappa shape index (κ3) is 7.19. The molecule has 0 aromatic heterocycles. The minimum absolute atomic E-state index is 0.0856. The monoisotopic (exact) mass is 388 g/mol. The zero-order valence-corrected chi connectivity index (χ0v) is 16.4. The van der Waals surface area contributed by atoms with Crippen molar-refractivity contribution >= 4 is 14.1 Å². The van der Waals surface area contributed by atoms with Gasteiger partial charge in [-0.3, -0.25) is 14.6 Å². The van der Waals surface area contributed by atoms with Crippen molar-refractivity contribution in [1.82, 2.24) is 0 Å². The molecule has 0 saturated heterocycles. The van der Waals surface area contributed by atoms with Crippen LogP contribution in [-0.2, 0) is 11.2 Å². The standard InChI is InChI=1S/C20H23NO5P/c1-3-4-13-27(24)26-20-11-7-18(8-12-20)15-25-19-9-5-17(6-10-19)14-16(2)21(22)23/h5-12,14H,3-4,13,15H2,1-2H3/q+1. The number of hydrogen-bond acceptors (Lipinski definition) is 5. The van der Waals surface area contributed by atoms with Crippen LogP contribution in [-0.4, -0.2) is 11.1 Å². The number of unbranched alkanes of at least 4 members (excludes halogenated alkanes) is 1. The molecular formula is C20H23NO5P+. The lowest BCUT2D eigenvalue weighted by molar-refractivity contribution is -0.422. The van der Waals surface area contributed by atoms with Crippen molar-refractivity contribution in [3.05, 3.63) is 75.5 Å². The van der Waals surface area contributed by atoms with E-state index in [2.05, 4.69) is 6.92 Å². The molecule has 1 unspecified atom stereocenters. The van der Waals surface area contributed by atoms with Gasteiger partial charge in [0.1, 0.15) is 12.4 Å². The van der Waals surface area contributed by atoms with E-state index in [0.717, 1.165) is 24.0 Å². The Hall–Kier alpha value is -2.72. The largest absolute Gasteiger partial charge is 0.556 e. The molecule has 27 heavy (non-hydrogen) atoms. The Morgan fingerprint density at radius 1 is 1.11 bits per heavy atom. The van der Waals surface area contributed by atoms with E-state index in [4.69, 9.17) is 9.26 Å². The topological polar surface area (TPSA) is 78.7 Å². The number of nitro groups is 1. The van der Waals surface area contributed by atoms with Crippen LogP contribution < -0.4 is 9.26 Å². The SMILES string of the molecule is CCCC[P+](=O)Oc1ccc(COc2ccc(C=C(C)[N+](=O)[O-])cc2)cc1. The van der Waals surface area contributed by atoms with Crippen LogP contribution in [0.3, 0.4) is 0 Å². The first-order valence-electron chi connectivity index (χ1n) is 8.75. The molecule has 0 aliphatic rings. The molecule has 0 aliphatic carbocycles. The Labute approximate surface area is 159 Å². The van der Waals surface area contributed by atoms with E-state index in [0.29, 0.717) is 24.3 Å². The van der Waals surface area contributed by atoms with E-state index in [1.54, 1.807) is 36.4 Å². The predicted octanol–water partition coefficient (Wildman–Crippen LogP) is 5.82. The molecule has 0 spiro atoms. The lowest BCUT2D eigenvalue weighted by Gasteiger charge is -2.06. The zero-order chi connectivity index (χ0) is 19.6. The van der Waals surface area contributed by atoms with Gasteiger partial charge in [-0.25, -0.2) is 0 Å². The highest BCUT2D eigenvalue weighted by molar-refractivity contribution is 7.39. The average Bonchev–Trinajstić information content (AvgIpc) is 2.67. The molecule has 2 aromatic rings. The van der Waals surface area contributed by atoms with Gasteiger partial charge in [-0.15, -0.1) is 0 Å². The molecule has 142 valence electrons. The highest BCUT2D eigenvalue weighted by Crippen LogP contribution is 2.28. The summed E-state index contributed by atoms with van der Waals surface area (Å²) in [5.41, 5.74) is 1.79. The molecule has 0 N–H and O–H groups in total. The molecule has 0 radical (unpaired) electrons. The number of allylic oxidation sites excluding steroid dienone is 1. The molecule has 0 heterocycles. The van der Waals surface area contributed by atoms with Gasteiger partial charge in [0.2, 0.25) is 5.70 Å². The molecular weight excluding hydrogens is 365 g/mol. The van der Waals surface area contributed by atoms with Crippen LogP contribution in [0.15, 0.2) is 54.2 Å². The molecule has 0 bridgehead atoms. The summed E-state index contributed by atoms with van der Waals surface area (Å²) in [6, 6.07) is 14.4. The first kappa shape index (κ1) is 20.6. The van der Waals surface area contributed by atoms with Crippen LogP contribution >= 0.6 is 8.03 Å². The second-order valence-corrected chi connectivity index (χ2v) is 7.34. The Morgan fingerprint density at radius 2 is 1.74 bits per heavy atom. The van der Waals surface area contributed by atoms with Gasteiger partial charge in [-0.05, 0) is 46.4 Å². The number of hydrogen-bond donors (Lipinski definition) is 0. The summed E-state index contributed by atoms with van der Waals surface area (Å²) < 4.78 is 22.9. The minimum Gasteiger partial charge on any atom is -0.489 e. The van der Waals surface area contributed by atoms with E-state index < -0.39 is 13.0 Å². The first-order chi connectivity index (χ1) is 13.0. The van der Waals surface area contributed by atoms with Gasteiger partial charge >= 0.3 is 8.03 Å². The van der Waals surface area contributed by atoms with E-state index in [-0.39, 0.29) is 5.70 Å². The number of ether oxygens (including phenoxy) is 1. The Balaban J connectivity index is 1.86. The summed E-state index contributed by atoms with van der Waals surface area (Å²) in [7, 11) is -1.66. The fourth-order valence-corrected chi connectivity index (χ4v) is 3.24. The van der Waals surface area contributed by atoms with Crippen molar-refractivity contribution < 1.29 is 18.7 Å². The second-order valence-electron chi connectivity index (χ2n) is 6.05. The van der Waals surface area contributed by atoms with Crippen LogP contribution in [0.4, 0.5) is 0 Å². The molecule has 2 rings (SSSR count). The molecule has 7 heteroatoms. The Kier molecular flexibility index (Phi) is 7.96. The minimum atomic E-state index is -1.66. The Bertz CT molecular complexity index is 800. The van der Waals surface area contributed by atoms with Gasteiger partial charge in [-0.2, -0.15) is 0 Å². The van der Waals surface area contributed by atoms with Gasteiger partial charge in [0, 0.05) is 13.0 Å². The lowest BCUT2D eigenvalue weighted by atomic mass is 10.2. The molecule has 0 aliphatic heterocycles. The maximum atomic E-state index is 11.8. The quantitative estimate of drug-likeness (QED) is 0.291. The highest BCUT2D eigenvalue weighted by Gasteiger charge is 2.17. The number of nitrogens with zero attached hydrogens (tertiary/aromatic N) is 1. The summed E-state index contributed by atoms with van der Waals surface area (Å²) in [6.07, 6.45) is 3.96. The van der Waals surface area contributed by atoms with E-state index in [1.807, 2.05) is 12.1 Å². The van der Waals surface area contributed by atoms with E-state index >= 15 is 0 Å². The summed E-state index contributed by atoms with van der Waals surface area (Å²) in [4.78, 5) is 10.2. The van der Waals surface area contributed by atoms with Gasteiger partial charge in [-0.1, -0.05) is 37.6 Å². The molecule has 1 atom stereocenters. The zero-order valence-electron chi connectivity index (χ0n) is 15.5. The van der Waals surface area contributed by atoms with E-state index in [9.17, 15) is 14.7 Å². The molecule has 2 aromatic carbocycles. The fourth-order valence-electron chi connectivity index (χ4n) is 2.22. The summed E-state index contributed by atoms with van der Waals surface area (Å²) in [5.74, 6) is 1.27. The van der Waals surface area contributed by atoms with Gasteiger partial charge in [0.05, 0.1) is 4.92 Å². The molecule has 0 amide bonds. The van der Waals surface area contributed by atoms with Gasteiger partial charge < -0.3 is 4.74 Å². The van der Waals surface area contributed by atoms with Crippen molar-refractivity contribution in [1.29, 1.82) is 0 Å². The van der Waals surface area contributed by atoms with Crippen LogP contribution in [0.5, 0.6) is 11.5 Å². The van der Waals surface area contributed by atoms with Gasteiger partial charge in [0.25, 0.3) is 0 Å². The highest BCUT2D eigenvalue weighted by atomic mass is 31.1. The normalized spacial score (nSPS) is 11.8. The lowest BCUT2D eigenvalue weighted by Crippen LogP contribution is -1.96. The van der Waals surface area contributed by atoms with Crippen molar-refractivity contribution in [2.24, 2.45) is 0 Å². The second kappa shape index (κ2) is 10.4. The van der Waals surface area contributed by atoms with Gasteiger partial charge in [0.15, 0.2) is 11.9 Å². The first-order valence-corrected chi connectivity index (χ1v) is 10.1. The van der Waals surface area contributed by atoms with Crippen molar-refractivity contribution in [2.45, 2.75) is 33.3 Å². The maximum Gasteiger partial charge on any atom is 0.556 e. The van der Waals surface area contributed by atoms with E-state index in [1.165, 1.54) is 13.0 Å². The van der Waals surface area contributed by atoms with Crippen molar-refractivity contribution in [3.63, 3.8) is 0 Å². The number of rotatable bonds is 10. The van der Waals surface area contributed by atoms with Crippen LogP contribution in [0.25, 0.3) is 6.08 Å². The third-order valence-corrected chi connectivity index (χ3v) is 4.87. The molecule has 6 nitrogen and oxygen atoms in total. The summed E-state index contributed by atoms with van der Waals surface area (Å²) in [6.45, 7) is 3.89. The Morgan fingerprint density at radius 3 is 2.33 bits per heavy atom. The van der Waals surface area contributed by atoms with Crippen LogP contribution in [0.1, 0.15) is 37.8 Å². The average molecular weight is 388 g/mol. The summed E-state index contributed by atoms with van der Waals surface area (Å²) in [5, 5.41) is 10.6. The maximum absolute atomic E-state index is 11.8. The fraction of sp³-hybridized carbons (Fsp3) is 0.300. The third-order valence-electron chi connectivity index (χ3n) is 3.77. The smallest absolute Gasteiger partial charge is 0.489 e. The van der Waals surface area contributed by atoms with Crippen molar-refractivity contribution in [2.75, 3.05) is 6.16 Å². The number of benzene rings is 2. The van der Waals surface area contributed by atoms with Crippen molar-refractivity contribution in [3.8, 4) is 11.5 Å². The predicted molar refractivity (Wildman–Crippen MR) is 106 cm³/mol. The molecule has 0 fully saturated rings. The van der Waals surface area contributed by atoms with Crippen LogP contribution in [0, 0.1) is 10.1 Å².